The Kier molecular flexibility index (Phi) is 5.93. The fourth-order valence-electron chi connectivity index (χ4n) is 2.43. The maximum absolute atomic E-state index is 11.6. The average molecular weight is 323 g/mol. The Balaban J connectivity index is 2.58. The number of carbonyl (C=O) groups is 1. The van der Waals surface area contributed by atoms with E-state index < -0.39 is 5.97 Å². The third-order valence-corrected chi connectivity index (χ3v) is 3.55. The number of aromatic hydroxyl groups is 1. The summed E-state index contributed by atoms with van der Waals surface area (Å²) in [7, 11) is 0. The monoisotopic (exact) mass is 323 g/mol. The van der Waals surface area contributed by atoms with Gasteiger partial charge in [0.2, 0.25) is 0 Å². The summed E-state index contributed by atoms with van der Waals surface area (Å²) in [6.07, 6.45) is 4.93. The molecular formula is C20H21NO3. The fraction of sp³-hybridized carbons (Fsp3) is 0.150. The molecule has 3 N–H and O–H groups in total. The van der Waals surface area contributed by atoms with Gasteiger partial charge in [-0.05, 0) is 48.2 Å². The first-order chi connectivity index (χ1) is 11.6. The van der Waals surface area contributed by atoms with Gasteiger partial charge in [0.25, 0.3) is 0 Å². The lowest BCUT2D eigenvalue weighted by atomic mass is 9.97. The van der Waals surface area contributed by atoms with Crippen molar-refractivity contribution in [2.24, 2.45) is 5.73 Å². The van der Waals surface area contributed by atoms with Crippen molar-refractivity contribution in [1.82, 2.24) is 0 Å². The molecule has 0 aromatic heterocycles. The Morgan fingerprint density at radius 1 is 1.04 bits per heavy atom. The highest BCUT2D eigenvalue weighted by Crippen LogP contribution is 2.37. The Morgan fingerprint density at radius 3 is 2.21 bits per heavy atom. The van der Waals surface area contributed by atoms with Gasteiger partial charge in [0, 0.05) is 11.1 Å². The Hall–Kier alpha value is -2.85. The van der Waals surface area contributed by atoms with Crippen LogP contribution in [0.4, 0.5) is 0 Å². The normalized spacial score (nSPS) is 10.2. The van der Waals surface area contributed by atoms with Crippen molar-refractivity contribution in [2.75, 3.05) is 6.54 Å². The summed E-state index contributed by atoms with van der Waals surface area (Å²) in [6.45, 7) is 7.25. The van der Waals surface area contributed by atoms with Crippen LogP contribution >= 0.6 is 0 Å². The van der Waals surface area contributed by atoms with Gasteiger partial charge < -0.3 is 15.6 Å². The second-order valence-corrected chi connectivity index (χ2v) is 5.35. The van der Waals surface area contributed by atoms with Crippen molar-refractivity contribution in [1.29, 1.82) is 0 Å². The number of carbonyl (C=O) groups excluding carboxylic acids is 1. The summed E-state index contributed by atoms with van der Waals surface area (Å²) in [5.74, 6) is -0.0533. The van der Waals surface area contributed by atoms with E-state index in [-0.39, 0.29) is 12.3 Å². The highest BCUT2D eigenvalue weighted by atomic mass is 16.5. The molecule has 2 aromatic carbocycles. The molecule has 0 amide bonds. The van der Waals surface area contributed by atoms with Crippen molar-refractivity contribution in [3.05, 3.63) is 72.8 Å². The van der Waals surface area contributed by atoms with Gasteiger partial charge in [-0.25, -0.2) is 0 Å². The number of esters is 1. The molecule has 24 heavy (non-hydrogen) atoms. The van der Waals surface area contributed by atoms with Crippen LogP contribution in [0.5, 0.6) is 11.5 Å². The first-order valence-corrected chi connectivity index (χ1v) is 7.66. The molecule has 2 aromatic rings. The van der Waals surface area contributed by atoms with Gasteiger partial charge >= 0.3 is 5.97 Å². The van der Waals surface area contributed by atoms with Crippen LogP contribution < -0.4 is 10.5 Å². The minimum absolute atomic E-state index is 0.114. The molecule has 0 unspecified atom stereocenters. The minimum atomic E-state index is -0.533. The standard InChI is InChI=1S/C20H21NO3/c1-3-5-14-7-9-18(22)16(11-14)17-12-15(6-4-2)8-10-19(17)24-20(23)13-21/h3-4,7-12,22H,1-2,5-6,13,21H2. The van der Waals surface area contributed by atoms with Gasteiger partial charge in [-0.2, -0.15) is 0 Å². The van der Waals surface area contributed by atoms with Crippen molar-refractivity contribution in [3.8, 4) is 22.6 Å². The van der Waals surface area contributed by atoms with Crippen LogP contribution in [0, 0.1) is 0 Å². The third kappa shape index (κ3) is 4.12. The van der Waals surface area contributed by atoms with Crippen molar-refractivity contribution >= 4 is 5.97 Å². The Morgan fingerprint density at radius 2 is 1.62 bits per heavy atom. The number of hydrogen-bond donors (Lipinski definition) is 2. The first-order valence-electron chi connectivity index (χ1n) is 7.66. The van der Waals surface area contributed by atoms with E-state index in [1.807, 2.05) is 24.3 Å². The maximum Gasteiger partial charge on any atom is 0.325 e. The van der Waals surface area contributed by atoms with Gasteiger partial charge in [-0.1, -0.05) is 24.3 Å². The second-order valence-electron chi connectivity index (χ2n) is 5.35. The van der Waals surface area contributed by atoms with Crippen LogP contribution in [0.3, 0.4) is 0 Å². The summed E-state index contributed by atoms with van der Waals surface area (Å²) in [5.41, 5.74) is 8.57. The summed E-state index contributed by atoms with van der Waals surface area (Å²) < 4.78 is 5.32. The Labute approximate surface area is 141 Å². The Bertz CT molecular complexity index is 765. The molecule has 4 nitrogen and oxygen atoms in total. The molecule has 0 atom stereocenters. The smallest absolute Gasteiger partial charge is 0.325 e. The number of benzene rings is 2. The zero-order chi connectivity index (χ0) is 17.5. The molecule has 0 aliphatic rings. The summed E-state index contributed by atoms with van der Waals surface area (Å²) in [5, 5.41) is 10.3. The van der Waals surface area contributed by atoms with Crippen LogP contribution in [0.2, 0.25) is 0 Å². The van der Waals surface area contributed by atoms with Crippen molar-refractivity contribution < 1.29 is 14.6 Å². The molecule has 0 fully saturated rings. The average Bonchev–Trinajstić information content (AvgIpc) is 2.58. The van der Waals surface area contributed by atoms with E-state index in [2.05, 4.69) is 13.2 Å². The lowest BCUT2D eigenvalue weighted by Crippen LogP contribution is -2.19. The quantitative estimate of drug-likeness (QED) is 0.465. The van der Waals surface area contributed by atoms with Crippen LogP contribution in [0.15, 0.2) is 61.7 Å². The SMILES string of the molecule is C=CCc1ccc(O)c(-c2cc(CC=C)ccc2OC(=O)CN)c1. The van der Waals surface area contributed by atoms with Gasteiger partial charge in [0.1, 0.15) is 11.5 Å². The number of ether oxygens (including phenoxy) is 1. The summed E-state index contributed by atoms with van der Waals surface area (Å²) in [4.78, 5) is 11.6. The lowest BCUT2D eigenvalue weighted by Gasteiger charge is -2.14. The third-order valence-electron chi connectivity index (χ3n) is 3.55. The van der Waals surface area contributed by atoms with Crippen LogP contribution in [-0.2, 0) is 17.6 Å². The van der Waals surface area contributed by atoms with Crippen molar-refractivity contribution in [3.63, 3.8) is 0 Å². The molecule has 2 rings (SSSR count). The highest BCUT2D eigenvalue weighted by Gasteiger charge is 2.14. The van der Waals surface area contributed by atoms with Gasteiger partial charge in [0.05, 0.1) is 6.54 Å². The number of hydrogen-bond acceptors (Lipinski definition) is 4. The predicted octanol–water partition coefficient (Wildman–Crippen LogP) is 3.38. The molecule has 0 heterocycles. The van der Waals surface area contributed by atoms with E-state index in [4.69, 9.17) is 10.5 Å². The van der Waals surface area contributed by atoms with Crippen LogP contribution in [0.25, 0.3) is 11.1 Å². The van der Waals surface area contributed by atoms with Crippen LogP contribution in [0.1, 0.15) is 11.1 Å². The molecule has 0 aliphatic carbocycles. The van der Waals surface area contributed by atoms with Gasteiger partial charge in [0.15, 0.2) is 0 Å². The zero-order valence-electron chi connectivity index (χ0n) is 13.5. The second kappa shape index (κ2) is 8.13. The number of nitrogens with two attached hydrogens (primary N) is 1. The van der Waals surface area contributed by atoms with Crippen LogP contribution in [-0.4, -0.2) is 17.6 Å². The zero-order valence-corrected chi connectivity index (χ0v) is 13.5. The van der Waals surface area contributed by atoms with Crippen molar-refractivity contribution in [2.45, 2.75) is 12.8 Å². The summed E-state index contributed by atoms with van der Waals surface area (Å²) in [6, 6.07) is 10.8. The largest absolute Gasteiger partial charge is 0.507 e. The fourth-order valence-corrected chi connectivity index (χ4v) is 2.43. The first kappa shape index (κ1) is 17.5. The molecular weight excluding hydrogens is 302 g/mol. The van der Waals surface area contributed by atoms with E-state index in [9.17, 15) is 9.90 Å². The van der Waals surface area contributed by atoms with Gasteiger partial charge in [-0.3, -0.25) is 4.79 Å². The number of phenolic OH excluding ortho intramolecular Hbond substituents is 1. The van der Waals surface area contributed by atoms with E-state index >= 15 is 0 Å². The number of rotatable bonds is 7. The van der Waals surface area contributed by atoms with E-state index in [1.165, 1.54) is 0 Å². The molecule has 124 valence electrons. The molecule has 0 bridgehead atoms. The summed E-state index contributed by atoms with van der Waals surface area (Å²) >= 11 is 0. The predicted molar refractivity (Wildman–Crippen MR) is 96.0 cm³/mol. The van der Waals surface area contributed by atoms with E-state index in [1.54, 1.807) is 24.3 Å². The van der Waals surface area contributed by atoms with Gasteiger partial charge in [-0.15, -0.1) is 13.2 Å². The molecule has 0 saturated heterocycles. The molecule has 0 saturated carbocycles. The molecule has 4 heteroatoms. The van der Waals surface area contributed by atoms with E-state index in [0.717, 1.165) is 11.1 Å². The number of allylic oxidation sites excluding steroid dienone is 2. The highest BCUT2D eigenvalue weighted by molar-refractivity contribution is 5.81. The molecule has 0 aliphatic heterocycles. The topological polar surface area (TPSA) is 72.5 Å². The lowest BCUT2D eigenvalue weighted by molar-refractivity contribution is -0.132. The minimum Gasteiger partial charge on any atom is -0.507 e. The van der Waals surface area contributed by atoms with E-state index in [0.29, 0.717) is 29.7 Å². The maximum atomic E-state index is 11.6. The number of phenols is 1. The molecule has 0 radical (unpaired) electrons. The molecule has 0 spiro atoms.